The lowest BCUT2D eigenvalue weighted by Gasteiger charge is -2.38. The van der Waals surface area contributed by atoms with Crippen LogP contribution in [0.25, 0.3) is 0 Å². The molecular formula is C11H18N2O3. The molecule has 1 amide bonds. The van der Waals surface area contributed by atoms with E-state index in [-0.39, 0.29) is 11.4 Å². The second kappa shape index (κ2) is 3.42. The van der Waals surface area contributed by atoms with Crippen molar-refractivity contribution in [3.05, 3.63) is 0 Å². The highest BCUT2D eigenvalue weighted by Crippen LogP contribution is 2.46. The molecule has 3 unspecified atom stereocenters. The van der Waals surface area contributed by atoms with E-state index in [9.17, 15) is 15.0 Å². The van der Waals surface area contributed by atoms with E-state index >= 15 is 0 Å². The molecule has 90 valence electrons. The van der Waals surface area contributed by atoms with Gasteiger partial charge in [-0.05, 0) is 25.7 Å². The predicted molar refractivity (Wildman–Crippen MR) is 56.6 cm³/mol. The van der Waals surface area contributed by atoms with Crippen molar-refractivity contribution in [3.63, 3.8) is 0 Å². The van der Waals surface area contributed by atoms with Crippen molar-refractivity contribution in [2.45, 2.75) is 49.5 Å². The smallest absolute Gasteiger partial charge is 0.227 e. The van der Waals surface area contributed by atoms with E-state index in [1.165, 1.54) is 0 Å². The molecular weight excluding hydrogens is 208 g/mol. The molecule has 0 bridgehead atoms. The number of piperidine rings is 1. The topological polar surface area (TPSA) is 81.6 Å². The van der Waals surface area contributed by atoms with Crippen molar-refractivity contribution in [1.29, 1.82) is 0 Å². The molecule has 5 nitrogen and oxygen atoms in total. The van der Waals surface area contributed by atoms with Gasteiger partial charge in [0.2, 0.25) is 5.91 Å². The van der Waals surface area contributed by atoms with Gasteiger partial charge < -0.3 is 20.8 Å². The van der Waals surface area contributed by atoms with Gasteiger partial charge in [-0.15, -0.1) is 0 Å². The number of hydrogen-bond acceptors (Lipinski definition) is 4. The molecule has 16 heavy (non-hydrogen) atoms. The highest BCUT2D eigenvalue weighted by atomic mass is 16.3. The van der Waals surface area contributed by atoms with Crippen molar-refractivity contribution < 1.29 is 15.0 Å². The fraction of sp³-hybridized carbons (Fsp3) is 0.909. The van der Waals surface area contributed by atoms with Gasteiger partial charge in [0.1, 0.15) is 0 Å². The highest BCUT2D eigenvalue weighted by Gasteiger charge is 2.59. The number of hydrogen-bond donors (Lipinski definition) is 4. The monoisotopic (exact) mass is 226 g/mol. The molecule has 3 fully saturated rings. The van der Waals surface area contributed by atoms with Gasteiger partial charge in [-0.3, -0.25) is 4.79 Å². The quantitative estimate of drug-likeness (QED) is 0.474. The summed E-state index contributed by atoms with van der Waals surface area (Å²) in [6.45, 7) is 0.383. The molecule has 0 aromatic carbocycles. The minimum absolute atomic E-state index is 0.0984. The highest BCUT2D eigenvalue weighted by molar-refractivity contribution is 5.82. The van der Waals surface area contributed by atoms with Crippen molar-refractivity contribution >= 4 is 5.91 Å². The summed E-state index contributed by atoms with van der Waals surface area (Å²) in [4.78, 5) is 12.0. The zero-order valence-corrected chi connectivity index (χ0v) is 9.15. The van der Waals surface area contributed by atoms with Gasteiger partial charge in [0, 0.05) is 18.1 Å². The molecule has 1 saturated heterocycles. The maximum Gasteiger partial charge on any atom is 0.227 e. The fourth-order valence-corrected chi connectivity index (χ4v) is 2.63. The first kappa shape index (κ1) is 10.5. The van der Waals surface area contributed by atoms with Crippen LogP contribution in [0.2, 0.25) is 0 Å². The van der Waals surface area contributed by atoms with Crippen LogP contribution in [-0.2, 0) is 4.79 Å². The van der Waals surface area contributed by atoms with Crippen LogP contribution in [0, 0.1) is 5.92 Å². The van der Waals surface area contributed by atoms with Crippen molar-refractivity contribution in [2.75, 3.05) is 6.54 Å². The van der Waals surface area contributed by atoms with Gasteiger partial charge in [0.25, 0.3) is 0 Å². The van der Waals surface area contributed by atoms with E-state index in [1.807, 2.05) is 0 Å². The maximum atomic E-state index is 12.0. The van der Waals surface area contributed by atoms with Gasteiger partial charge in [-0.1, -0.05) is 0 Å². The predicted octanol–water partition coefficient (Wildman–Crippen LogP) is -1.26. The number of nitrogens with one attached hydrogen (secondary N) is 2. The first-order valence-electron chi connectivity index (χ1n) is 6.04. The molecule has 3 rings (SSSR count). The SMILES string of the molecule is O=C(NC1CC1)C1C(O)C(O)CNC12CC2. The third-order valence-corrected chi connectivity index (χ3v) is 3.99. The summed E-state index contributed by atoms with van der Waals surface area (Å²) < 4.78 is 0. The lowest BCUT2D eigenvalue weighted by atomic mass is 9.83. The van der Waals surface area contributed by atoms with Crippen LogP contribution < -0.4 is 10.6 Å². The Bertz CT molecular complexity index is 312. The molecule has 5 heteroatoms. The molecule has 3 atom stereocenters. The lowest BCUT2D eigenvalue weighted by Crippen LogP contribution is -2.62. The minimum atomic E-state index is -0.928. The zero-order chi connectivity index (χ0) is 11.3. The second-order valence-electron chi connectivity index (χ2n) is 5.36. The summed E-state index contributed by atoms with van der Waals surface area (Å²) in [5.74, 6) is -0.587. The Hall–Kier alpha value is -0.650. The molecule has 2 saturated carbocycles. The number of carbonyl (C=O) groups is 1. The maximum absolute atomic E-state index is 12.0. The van der Waals surface area contributed by atoms with Gasteiger partial charge in [-0.25, -0.2) is 0 Å². The first-order chi connectivity index (χ1) is 7.62. The molecule has 0 aromatic heterocycles. The summed E-state index contributed by atoms with van der Waals surface area (Å²) in [5, 5.41) is 25.7. The first-order valence-corrected chi connectivity index (χ1v) is 6.04. The Balaban J connectivity index is 1.75. The number of β-amino-alcohol motifs (C(OH)–C–C–N with tert-alkyl or cyclic N) is 1. The molecule has 2 aliphatic carbocycles. The Morgan fingerprint density at radius 1 is 1.31 bits per heavy atom. The Morgan fingerprint density at radius 2 is 2.00 bits per heavy atom. The summed E-state index contributed by atoms with van der Waals surface area (Å²) in [6.07, 6.45) is 2.15. The number of aliphatic hydroxyl groups excluding tert-OH is 2. The van der Waals surface area contributed by atoms with Gasteiger partial charge in [0.15, 0.2) is 0 Å². The Kier molecular flexibility index (Phi) is 2.24. The van der Waals surface area contributed by atoms with Crippen molar-refractivity contribution in [3.8, 4) is 0 Å². The largest absolute Gasteiger partial charge is 0.389 e. The summed E-state index contributed by atoms with van der Waals surface area (Å²) >= 11 is 0. The van der Waals surface area contributed by atoms with E-state index in [4.69, 9.17) is 0 Å². The number of amides is 1. The zero-order valence-electron chi connectivity index (χ0n) is 9.15. The normalized spacial score (nSPS) is 40.8. The third-order valence-electron chi connectivity index (χ3n) is 3.99. The number of aliphatic hydroxyl groups is 2. The fourth-order valence-electron chi connectivity index (χ4n) is 2.63. The molecule has 4 N–H and O–H groups in total. The Labute approximate surface area is 94.2 Å². The summed E-state index contributed by atoms with van der Waals surface area (Å²) in [5.41, 5.74) is -0.238. The van der Waals surface area contributed by atoms with Crippen LogP contribution in [0.4, 0.5) is 0 Å². The van der Waals surface area contributed by atoms with Gasteiger partial charge >= 0.3 is 0 Å². The van der Waals surface area contributed by atoms with Crippen LogP contribution >= 0.6 is 0 Å². The van der Waals surface area contributed by atoms with Crippen LogP contribution in [-0.4, -0.2) is 46.5 Å². The van der Waals surface area contributed by atoms with Crippen molar-refractivity contribution in [1.82, 2.24) is 10.6 Å². The van der Waals surface area contributed by atoms with E-state index in [2.05, 4.69) is 10.6 Å². The molecule has 1 aliphatic heterocycles. The standard InChI is InChI=1S/C11H18N2O3/c14-7-5-12-11(3-4-11)8(9(7)15)10(16)13-6-1-2-6/h6-9,12,14-15H,1-5H2,(H,13,16). The summed E-state index contributed by atoms with van der Waals surface area (Å²) in [6, 6.07) is 0.301. The second-order valence-corrected chi connectivity index (χ2v) is 5.36. The molecule has 0 aromatic rings. The van der Waals surface area contributed by atoms with Crippen LogP contribution in [0.15, 0.2) is 0 Å². The van der Waals surface area contributed by atoms with E-state index in [0.29, 0.717) is 12.6 Å². The van der Waals surface area contributed by atoms with Gasteiger partial charge in [0.05, 0.1) is 18.1 Å². The van der Waals surface area contributed by atoms with Gasteiger partial charge in [-0.2, -0.15) is 0 Å². The van der Waals surface area contributed by atoms with E-state index in [1.54, 1.807) is 0 Å². The molecule has 1 spiro atoms. The minimum Gasteiger partial charge on any atom is -0.389 e. The average molecular weight is 226 g/mol. The van der Waals surface area contributed by atoms with Crippen molar-refractivity contribution in [2.24, 2.45) is 5.92 Å². The average Bonchev–Trinajstić information content (AvgIpc) is 3.11. The van der Waals surface area contributed by atoms with Crippen LogP contribution in [0.3, 0.4) is 0 Å². The summed E-state index contributed by atoms with van der Waals surface area (Å²) in [7, 11) is 0. The van der Waals surface area contributed by atoms with E-state index in [0.717, 1.165) is 25.7 Å². The number of rotatable bonds is 2. The van der Waals surface area contributed by atoms with E-state index < -0.39 is 18.1 Å². The third kappa shape index (κ3) is 1.63. The van der Waals surface area contributed by atoms with Crippen LogP contribution in [0.5, 0.6) is 0 Å². The molecule has 1 heterocycles. The number of carbonyl (C=O) groups excluding carboxylic acids is 1. The molecule has 3 aliphatic rings. The Morgan fingerprint density at radius 3 is 2.56 bits per heavy atom. The van der Waals surface area contributed by atoms with Crippen LogP contribution in [0.1, 0.15) is 25.7 Å². The molecule has 0 radical (unpaired) electrons. The lowest BCUT2D eigenvalue weighted by molar-refractivity contribution is -0.138.